The molecule has 2 fully saturated rings. The first-order chi connectivity index (χ1) is 18.5. The molecule has 2 atom stereocenters. The summed E-state index contributed by atoms with van der Waals surface area (Å²) in [5.41, 5.74) is -0.374. The Morgan fingerprint density at radius 3 is 2.49 bits per heavy atom. The number of rotatable bonds is 9. The van der Waals surface area contributed by atoms with Crippen molar-refractivity contribution in [3.63, 3.8) is 0 Å². The predicted octanol–water partition coefficient (Wildman–Crippen LogP) is 2.59. The molecule has 0 radical (unpaired) electrons. The highest BCUT2D eigenvalue weighted by atomic mass is 32.2. The van der Waals surface area contributed by atoms with Gasteiger partial charge in [-0.2, -0.15) is 4.31 Å². The lowest BCUT2D eigenvalue weighted by Gasteiger charge is -2.38. The molecule has 2 saturated heterocycles. The molecule has 9 nitrogen and oxygen atoms in total. The zero-order valence-corrected chi connectivity index (χ0v) is 23.5. The van der Waals surface area contributed by atoms with E-state index >= 15 is 0 Å². The third-order valence-corrected chi connectivity index (χ3v) is 10.5. The van der Waals surface area contributed by atoms with Crippen molar-refractivity contribution in [2.75, 3.05) is 39.1 Å². The molecule has 2 aliphatic heterocycles. The largest absolute Gasteiger partial charge is 0.491 e. The minimum absolute atomic E-state index is 0.0144. The van der Waals surface area contributed by atoms with Crippen LogP contribution in [0.25, 0.3) is 10.8 Å². The maximum atomic E-state index is 13.3. The van der Waals surface area contributed by atoms with Crippen molar-refractivity contribution >= 4 is 30.6 Å². The zero-order valence-electron chi connectivity index (χ0n) is 21.8. The molecule has 0 amide bonds. The highest BCUT2D eigenvalue weighted by Crippen LogP contribution is 2.37. The molecular weight excluding hydrogens is 540 g/mol. The van der Waals surface area contributed by atoms with Gasteiger partial charge in [0.2, 0.25) is 10.0 Å². The smallest absolute Gasteiger partial charge is 0.243 e. The fraction of sp³-hybridized carbons (Fsp3) is 0.429. The number of nitrogens with one attached hydrogen (secondary N) is 1. The topological polar surface area (TPSA) is 122 Å². The Morgan fingerprint density at radius 1 is 1.00 bits per heavy atom. The van der Waals surface area contributed by atoms with Gasteiger partial charge < -0.3 is 19.9 Å². The molecule has 5 rings (SSSR count). The van der Waals surface area contributed by atoms with Crippen LogP contribution in [0.4, 0.5) is 0 Å². The SMILES string of the molecule is CS(=O)(=O)c1cccc(OC[C@@H](O)CNC2COC3(CCN(S(=O)(=O)c4ccc5ccccc5c4)CC3)C2)c1. The number of nitrogens with zero attached hydrogens (tertiary/aromatic N) is 1. The average Bonchev–Trinajstić information content (AvgIpc) is 3.32. The molecule has 11 heteroatoms. The van der Waals surface area contributed by atoms with E-state index in [9.17, 15) is 21.9 Å². The van der Waals surface area contributed by atoms with Crippen LogP contribution >= 0.6 is 0 Å². The van der Waals surface area contributed by atoms with Gasteiger partial charge >= 0.3 is 0 Å². The normalized spacial score (nSPS) is 20.8. The Labute approximate surface area is 229 Å². The highest BCUT2D eigenvalue weighted by Gasteiger charge is 2.44. The van der Waals surface area contributed by atoms with Crippen LogP contribution in [0.1, 0.15) is 19.3 Å². The Balaban J connectivity index is 1.10. The van der Waals surface area contributed by atoms with E-state index < -0.39 is 26.0 Å². The van der Waals surface area contributed by atoms with Crippen molar-refractivity contribution in [1.82, 2.24) is 9.62 Å². The third kappa shape index (κ3) is 6.45. The number of aliphatic hydroxyl groups is 1. The lowest BCUT2D eigenvalue weighted by Crippen LogP contribution is -2.47. The fourth-order valence-corrected chi connectivity index (χ4v) is 7.42. The van der Waals surface area contributed by atoms with Crippen molar-refractivity contribution < 1.29 is 31.4 Å². The maximum Gasteiger partial charge on any atom is 0.243 e. The first kappa shape index (κ1) is 28.0. The Bertz CT molecular complexity index is 1530. The summed E-state index contributed by atoms with van der Waals surface area (Å²) in [7, 11) is -6.93. The quantitative estimate of drug-likeness (QED) is 0.400. The summed E-state index contributed by atoms with van der Waals surface area (Å²) in [6, 6.07) is 19.2. The summed E-state index contributed by atoms with van der Waals surface area (Å²) in [5, 5.41) is 15.6. The van der Waals surface area contributed by atoms with E-state index in [2.05, 4.69) is 5.32 Å². The van der Waals surface area contributed by atoms with Gasteiger partial charge in [0.15, 0.2) is 9.84 Å². The van der Waals surface area contributed by atoms with Gasteiger partial charge in [-0.25, -0.2) is 16.8 Å². The molecule has 0 aliphatic carbocycles. The van der Waals surface area contributed by atoms with Crippen LogP contribution in [0.15, 0.2) is 76.5 Å². The van der Waals surface area contributed by atoms with Gasteiger partial charge in [0.05, 0.1) is 22.0 Å². The lowest BCUT2D eigenvalue weighted by atomic mass is 9.88. The maximum absolute atomic E-state index is 13.3. The number of sulfone groups is 1. The van der Waals surface area contributed by atoms with Crippen molar-refractivity contribution in [3.8, 4) is 5.75 Å². The standard InChI is InChI=1S/C28H34N2O7S2/c1-38(32,33)26-8-4-7-25(16-26)36-20-24(31)18-29-23-17-28(37-19-23)11-13-30(14-12-28)39(34,35)27-10-9-21-5-2-3-6-22(21)15-27/h2-10,15-16,23-24,29,31H,11-14,17-20H2,1H3/t23?,24-/m0/s1. The predicted molar refractivity (Wildman–Crippen MR) is 148 cm³/mol. The number of hydrogen-bond acceptors (Lipinski definition) is 8. The van der Waals surface area contributed by atoms with E-state index in [1.165, 1.54) is 12.1 Å². The monoisotopic (exact) mass is 574 g/mol. The van der Waals surface area contributed by atoms with Crippen LogP contribution in [-0.2, 0) is 24.6 Å². The van der Waals surface area contributed by atoms with Crippen LogP contribution in [0.5, 0.6) is 5.75 Å². The van der Waals surface area contributed by atoms with Crippen LogP contribution < -0.4 is 10.1 Å². The van der Waals surface area contributed by atoms with Gasteiger partial charge in [-0.05, 0) is 60.4 Å². The van der Waals surface area contributed by atoms with E-state index in [0.29, 0.717) is 49.7 Å². The summed E-state index contributed by atoms with van der Waals surface area (Å²) < 4.78 is 63.4. The highest BCUT2D eigenvalue weighted by molar-refractivity contribution is 7.90. The van der Waals surface area contributed by atoms with Gasteiger partial charge in [0, 0.05) is 31.9 Å². The van der Waals surface area contributed by atoms with E-state index in [0.717, 1.165) is 23.4 Å². The number of aliphatic hydroxyl groups excluding tert-OH is 1. The molecular formula is C28H34N2O7S2. The Morgan fingerprint density at radius 2 is 1.74 bits per heavy atom. The molecule has 0 saturated carbocycles. The van der Waals surface area contributed by atoms with E-state index in [4.69, 9.17) is 9.47 Å². The van der Waals surface area contributed by atoms with Gasteiger partial charge in [-0.1, -0.05) is 36.4 Å². The minimum atomic E-state index is -3.59. The molecule has 39 heavy (non-hydrogen) atoms. The van der Waals surface area contributed by atoms with E-state index in [-0.39, 0.29) is 23.1 Å². The second-order valence-electron chi connectivity index (χ2n) is 10.4. The van der Waals surface area contributed by atoms with Crippen molar-refractivity contribution in [2.45, 2.75) is 46.8 Å². The molecule has 0 aromatic heterocycles. The van der Waals surface area contributed by atoms with Crippen LogP contribution in [0.3, 0.4) is 0 Å². The molecule has 0 bridgehead atoms. The Kier molecular flexibility index (Phi) is 8.01. The second kappa shape index (κ2) is 11.1. The van der Waals surface area contributed by atoms with Crippen molar-refractivity contribution in [1.29, 1.82) is 0 Å². The first-order valence-corrected chi connectivity index (χ1v) is 16.3. The molecule has 3 aromatic rings. The number of ether oxygens (including phenoxy) is 2. The molecule has 2 aliphatic rings. The van der Waals surface area contributed by atoms with Crippen molar-refractivity contribution in [3.05, 3.63) is 66.7 Å². The molecule has 2 N–H and O–H groups in total. The minimum Gasteiger partial charge on any atom is -0.491 e. The van der Waals surface area contributed by atoms with Crippen LogP contribution in [0, 0.1) is 0 Å². The lowest BCUT2D eigenvalue weighted by molar-refractivity contribution is -0.0312. The average molecular weight is 575 g/mol. The number of piperidine rings is 1. The number of sulfonamides is 1. The van der Waals surface area contributed by atoms with Gasteiger partial charge in [-0.3, -0.25) is 0 Å². The molecule has 210 valence electrons. The number of benzene rings is 3. The molecule has 1 unspecified atom stereocenters. The van der Waals surface area contributed by atoms with E-state index in [1.54, 1.807) is 28.6 Å². The number of hydrogen-bond donors (Lipinski definition) is 2. The summed E-state index contributed by atoms with van der Waals surface area (Å²) >= 11 is 0. The summed E-state index contributed by atoms with van der Waals surface area (Å²) in [6.07, 6.45) is 2.30. The van der Waals surface area contributed by atoms with Crippen LogP contribution in [-0.4, -0.2) is 83.1 Å². The summed E-state index contributed by atoms with van der Waals surface area (Å²) in [4.78, 5) is 0.473. The van der Waals surface area contributed by atoms with Gasteiger partial charge in [0.25, 0.3) is 0 Å². The molecule has 1 spiro atoms. The van der Waals surface area contributed by atoms with Gasteiger partial charge in [0.1, 0.15) is 18.5 Å². The zero-order chi connectivity index (χ0) is 27.7. The van der Waals surface area contributed by atoms with Crippen molar-refractivity contribution in [2.24, 2.45) is 0 Å². The first-order valence-electron chi connectivity index (χ1n) is 13.0. The Hall–Kier alpha value is -2.54. The van der Waals surface area contributed by atoms with Gasteiger partial charge in [-0.15, -0.1) is 0 Å². The molecule has 2 heterocycles. The van der Waals surface area contributed by atoms with Crippen LogP contribution in [0.2, 0.25) is 0 Å². The number of fused-ring (bicyclic) bond motifs is 1. The third-order valence-electron chi connectivity index (χ3n) is 7.52. The summed E-state index contributed by atoms with van der Waals surface area (Å²) in [5.74, 6) is 0.380. The molecule has 3 aromatic carbocycles. The summed E-state index contributed by atoms with van der Waals surface area (Å²) in [6.45, 7) is 1.58. The second-order valence-corrected chi connectivity index (χ2v) is 14.4. The fourth-order valence-electron chi connectivity index (χ4n) is 5.28. The van der Waals surface area contributed by atoms with E-state index in [1.807, 2.05) is 30.3 Å².